The summed E-state index contributed by atoms with van der Waals surface area (Å²) in [5.74, 6) is 0.204. The predicted octanol–water partition coefficient (Wildman–Crippen LogP) is 4.12. The second kappa shape index (κ2) is 4.65. The number of carbonyl (C=O) groups is 1. The third-order valence-corrected chi connectivity index (χ3v) is 3.37. The molecule has 0 aliphatic heterocycles. The maximum Gasteiger partial charge on any atom is 0.134 e. The Kier molecular flexibility index (Phi) is 3.38. The third-order valence-electron chi connectivity index (χ3n) is 2.87. The summed E-state index contributed by atoms with van der Waals surface area (Å²) in [5, 5.41) is 1.18. The van der Waals surface area contributed by atoms with Gasteiger partial charge in [-0.05, 0) is 38.5 Å². The largest absolute Gasteiger partial charge is 0.345 e. The molecule has 0 fully saturated rings. The van der Waals surface area contributed by atoms with E-state index in [4.69, 9.17) is 0 Å². The fourth-order valence-electron chi connectivity index (χ4n) is 2.13. The Balaban J connectivity index is 2.66. The van der Waals surface area contributed by atoms with E-state index in [0.29, 0.717) is 12.5 Å². The second-order valence-corrected chi connectivity index (χ2v) is 5.61. The van der Waals surface area contributed by atoms with Gasteiger partial charge in [-0.3, -0.25) is 4.79 Å². The molecule has 2 rings (SSSR count). The van der Waals surface area contributed by atoms with Crippen LogP contribution < -0.4 is 0 Å². The lowest BCUT2D eigenvalue weighted by Gasteiger charge is -2.08. The minimum Gasteiger partial charge on any atom is -0.345 e. The molecule has 0 saturated carbocycles. The van der Waals surface area contributed by atoms with Crippen molar-refractivity contribution in [3.63, 3.8) is 0 Å². The molecule has 90 valence electrons. The number of hydrogen-bond acceptors (Lipinski definition) is 1. The van der Waals surface area contributed by atoms with Gasteiger partial charge in [0.05, 0.1) is 0 Å². The maximum atomic E-state index is 11.3. The van der Waals surface area contributed by atoms with Crippen LogP contribution >= 0.6 is 15.9 Å². The Bertz CT molecular complexity index is 569. The molecule has 1 aromatic heterocycles. The van der Waals surface area contributed by atoms with E-state index in [2.05, 4.69) is 52.7 Å². The first-order chi connectivity index (χ1) is 7.99. The second-order valence-electron chi connectivity index (χ2n) is 4.70. The summed E-state index contributed by atoms with van der Waals surface area (Å²) in [6.07, 6.45) is 2.61. The Morgan fingerprint density at radius 3 is 2.71 bits per heavy atom. The number of carbonyl (C=O) groups excluding carboxylic acids is 1. The monoisotopic (exact) mass is 293 g/mol. The van der Waals surface area contributed by atoms with E-state index < -0.39 is 0 Å². The van der Waals surface area contributed by atoms with E-state index in [-0.39, 0.29) is 5.78 Å². The van der Waals surface area contributed by atoms with Gasteiger partial charge in [0, 0.05) is 34.0 Å². The van der Waals surface area contributed by atoms with Gasteiger partial charge in [-0.25, -0.2) is 0 Å². The van der Waals surface area contributed by atoms with Crippen molar-refractivity contribution in [3.8, 4) is 0 Å². The maximum absolute atomic E-state index is 11.3. The first-order valence-corrected chi connectivity index (χ1v) is 6.56. The average Bonchev–Trinajstić information content (AvgIpc) is 2.55. The summed E-state index contributed by atoms with van der Waals surface area (Å²) in [4.78, 5) is 11.3. The molecule has 2 aromatic rings. The third kappa shape index (κ3) is 2.44. The lowest BCUT2D eigenvalue weighted by Crippen LogP contribution is -1.98. The van der Waals surface area contributed by atoms with Crippen LogP contribution in [0.5, 0.6) is 0 Å². The summed E-state index contributed by atoms with van der Waals surface area (Å²) < 4.78 is 3.29. The number of aromatic nitrogens is 1. The van der Waals surface area contributed by atoms with Gasteiger partial charge >= 0.3 is 0 Å². The highest BCUT2D eigenvalue weighted by atomic mass is 79.9. The summed E-state index contributed by atoms with van der Waals surface area (Å²) in [5.41, 5.74) is 2.30. The van der Waals surface area contributed by atoms with Crippen LogP contribution in [0, 0.1) is 0 Å². The fourth-order valence-corrected chi connectivity index (χ4v) is 2.48. The highest BCUT2D eigenvalue weighted by Crippen LogP contribution is 2.28. The van der Waals surface area contributed by atoms with Crippen LogP contribution in [0.3, 0.4) is 0 Å². The van der Waals surface area contributed by atoms with Gasteiger partial charge in [-0.1, -0.05) is 22.0 Å². The van der Waals surface area contributed by atoms with Crippen molar-refractivity contribution in [2.24, 2.45) is 0 Å². The van der Waals surface area contributed by atoms with Gasteiger partial charge in [0.1, 0.15) is 5.78 Å². The van der Waals surface area contributed by atoms with E-state index in [1.54, 1.807) is 6.92 Å². The minimum absolute atomic E-state index is 0.204. The molecule has 0 bridgehead atoms. The Hall–Kier alpha value is -1.09. The lowest BCUT2D eigenvalue weighted by molar-refractivity contribution is -0.116. The molecule has 1 heterocycles. The van der Waals surface area contributed by atoms with Gasteiger partial charge in [-0.2, -0.15) is 0 Å². The van der Waals surface area contributed by atoms with Crippen molar-refractivity contribution in [2.45, 2.75) is 33.2 Å². The molecule has 0 aliphatic rings. The van der Waals surface area contributed by atoms with Gasteiger partial charge < -0.3 is 4.57 Å². The molecule has 0 atom stereocenters. The smallest absolute Gasteiger partial charge is 0.134 e. The van der Waals surface area contributed by atoms with Crippen LogP contribution in [0.2, 0.25) is 0 Å². The van der Waals surface area contributed by atoms with Crippen LogP contribution in [-0.2, 0) is 11.2 Å². The molecule has 0 amide bonds. The summed E-state index contributed by atoms with van der Waals surface area (Å²) in [7, 11) is 0. The number of Topliss-reactive ketones (excluding diaryl/α,β-unsaturated/α-hetero) is 1. The number of nitrogens with zero attached hydrogens (tertiary/aromatic N) is 1. The molecule has 0 unspecified atom stereocenters. The highest BCUT2D eigenvalue weighted by molar-refractivity contribution is 9.10. The zero-order valence-corrected chi connectivity index (χ0v) is 11.9. The lowest BCUT2D eigenvalue weighted by atomic mass is 10.1. The van der Waals surface area contributed by atoms with Crippen LogP contribution in [0.15, 0.2) is 28.9 Å². The molecule has 0 radical (unpaired) electrons. The fraction of sp³-hybridized carbons (Fsp3) is 0.357. The molecule has 3 heteroatoms. The van der Waals surface area contributed by atoms with E-state index in [9.17, 15) is 4.79 Å². The van der Waals surface area contributed by atoms with Crippen molar-refractivity contribution in [1.29, 1.82) is 0 Å². The van der Waals surface area contributed by atoms with Gasteiger partial charge in [0.2, 0.25) is 0 Å². The molecule has 2 nitrogen and oxygen atoms in total. The van der Waals surface area contributed by atoms with Crippen LogP contribution in [0.4, 0.5) is 0 Å². The van der Waals surface area contributed by atoms with Crippen molar-refractivity contribution in [2.75, 3.05) is 0 Å². The van der Waals surface area contributed by atoms with E-state index in [1.807, 2.05) is 6.07 Å². The van der Waals surface area contributed by atoms with Crippen LogP contribution in [0.1, 0.15) is 32.4 Å². The summed E-state index contributed by atoms with van der Waals surface area (Å²) in [6.45, 7) is 5.94. The Labute approximate surface area is 110 Å². The molecule has 0 saturated heterocycles. The normalized spacial score (nSPS) is 11.4. The molecule has 0 aliphatic carbocycles. The van der Waals surface area contributed by atoms with Gasteiger partial charge in [-0.15, -0.1) is 0 Å². The number of fused-ring (bicyclic) bond motifs is 1. The summed E-state index contributed by atoms with van der Waals surface area (Å²) >= 11 is 3.50. The Morgan fingerprint density at radius 1 is 1.41 bits per heavy atom. The number of ketones is 1. The van der Waals surface area contributed by atoms with Crippen molar-refractivity contribution in [3.05, 3.63) is 34.4 Å². The van der Waals surface area contributed by atoms with Crippen LogP contribution in [-0.4, -0.2) is 10.4 Å². The molecule has 0 spiro atoms. The molecule has 0 N–H and O–H groups in total. The Morgan fingerprint density at radius 2 is 2.12 bits per heavy atom. The van der Waals surface area contributed by atoms with Crippen LogP contribution in [0.25, 0.3) is 10.9 Å². The highest BCUT2D eigenvalue weighted by Gasteiger charge is 2.11. The topological polar surface area (TPSA) is 22.0 Å². The number of benzene rings is 1. The molecular formula is C14H16BrNO. The number of halogens is 1. The standard InChI is InChI=1S/C14H16BrNO/c1-9(2)16-8-11(6-10(3)17)13-5-4-12(15)7-14(13)16/h4-5,7-9H,6H2,1-3H3. The SMILES string of the molecule is CC(=O)Cc1cn(C(C)C)c2cc(Br)ccc12. The summed E-state index contributed by atoms with van der Waals surface area (Å²) in [6, 6.07) is 6.61. The predicted molar refractivity (Wildman–Crippen MR) is 74.4 cm³/mol. The zero-order chi connectivity index (χ0) is 12.6. The number of rotatable bonds is 3. The van der Waals surface area contributed by atoms with Gasteiger partial charge in [0.25, 0.3) is 0 Å². The van der Waals surface area contributed by atoms with E-state index in [1.165, 1.54) is 10.9 Å². The minimum atomic E-state index is 0.204. The van der Waals surface area contributed by atoms with Crippen molar-refractivity contribution < 1.29 is 4.79 Å². The molecule has 1 aromatic carbocycles. The van der Waals surface area contributed by atoms with Crippen molar-refractivity contribution >= 4 is 32.6 Å². The quantitative estimate of drug-likeness (QED) is 0.834. The van der Waals surface area contributed by atoms with Gasteiger partial charge in [0.15, 0.2) is 0 Å². The first kappa shape index (κ1) is 12.4. The number of hydrogen-bond donors (Lipinski definition) is 0. The zero-order valence-electron chi connectivity index (χ0n) is 10.3. The molecule has 17 heavy (non-hydrogen) atoms. The van der Waals surface area contributed by atoms with E-state index >= 15 is 0 Å². The van der Waals surface area contributed by atoms with E-state index in [0.717, 1.165) is 10.0 Å². The molecular weight excluding hydrogens is 278 g/mol. The van der Waals surface area contributed by atoms with Crippen molar-refractivity contribution in [1.82, 2.24) is 4.57 Å². The average molecular weight is 294 g/mol. The first-order valence-electron chi connectivity index (χ1n) is 5.77.